The normalized spacial score (nSPS) is 14.0. The number of aliphatic hydroxyl groups is 1. The molecule has 0 aliphatic rings. The number of hydrogen-bond acceptors (Lipinski definition) is 3. The fourth-order valence-corrected chi connectivity index (χ4v) is 2.17. The van der Waals surface area contributed by atoms with E-state index in [2.05, 4.69) is 10.3 Å². The largest absolute Gasteiger partial charge is 0.384 e. The van der Waals surface area contributed by atoms with Gasteiger partial charge in [0.2, 0.25) is 0 Å². The summed E-state index contributed by atoms with van der Waals surface area (Å²) in [7, 11) is 0. The van der Waals surface area contributed by atoms with Gasteiger partial charge in [-0.15, -0.1) is 0 Å². The van der Waals surface area contributed by atoms with E-state index in [4.69, 9.17) is 0 Å². The SMILES string of the molecule is Cc1ncccc1CNCC(C)(O)c1ccc(F)cc1F. The molecule has 21 heavy (non-hydrogen) atoms. The van der Waals surface area contributed by atoms with E-state index in [0.29, 0.717) is 6.54 Å². The van der Waals surface area contributed by atoms with Gasteiger partial charge < -0.3 is 10.4 Å². The van der Waals surface area contributed by atoms with Crippen LogP contribution < -0.4 is 5.32 Å². The zero-order valence-electron chi connectivity index (χ0n) is 12.0. The smallest absolute Gasteiger partial charge is 0.132 e. The highest BCUT2D eigenvalue weighted by atomic mass is 19.1. The number of halogens is 2. The van der Waals surface area contributed by atoms with Gasteiger partial charge in [0.1, 0.15) is 17.2 Å². The van der Waals surface area contributed by atoms with Crippen LogP contribution in [-0.2, 0) is 12.1 Å². The molecule has 1 aromatic heterocycles. The van der Waals surface area contributed by atoms with Crippen molar-refractivity contribution in [3.8, 4) is 0 Å². The van der Waals surface area contributed by atoms with E-state index in [0.717, 1.165) is 23.4 Å². The summed E-state index contributed by atoms with van der Waals surface area (Å²) in [6.07, 6.45) is 1.71. The molecule has 3 nitrogen and oxygen atoms in total. The average Bonchev–Trinajstić information content (AvgIpc) is 2.40. The van der Waals surface area contributed by atoms with Crippen molar-refractivity contribution < 1.29 is 13.9 Å². The van der Waals surface area contributed by atoms with Gasteiger partial charge in [0, 0.05) is 36.6 Å². The summed E-state index contributed by atoms with van der Waals surface area (Å²) >= 11 is 0. The summed E-state index contributed by atoms with van der Waals surface area (Å²) in [5, 5.41) is 13.4. The van der Waals surface area contributed by atoms with E-state index in [-0.39, 0.29) is 12.1 Å². The van der Waals surface area contributed by atoms with Crippen molar-refractivity contribution in [1.82, 2.24) is 10.3 Å². The Bertz CT molecular complexity index is 629. The molecule has 1 heterocycles. The van der Waals surface area contributed by atoms with Crippen LogP contribution in [0.2, 0.25) is 0 Å². The van der Waals surface area contributed by atoms with Crippen LogP contribution in [-0.4, -0.2) is 16.6 Å². The van der Waals surface area contributed by atoms with Gasteiger partial charge in [-0.2, -0.15) is 0 Å². The number of rotatable bonds is 5. The van der Waals surface area contributed by atoms with Crippen LogP contribution in [0.3, 0.4) is 0 Å². The summed E-state index contributed by atoms with van der Waals surface area (Å²) in [6.45, 7) is 4.05. The Hall–Kier alpha value is -1.85. The first-order valence-electron chi connectivity index (χ1n) is 6.69. The molecule has 2 aromatic rings. The van der Waals surface area contributed by atoms with Crippen molar-refractivity contribution in [2.75, 3.05) is 6.54 Å². The molecule has 1 aromatic carbocycles. The Kier molecular flexibility index (Phi) is 4.65. The molecule has 0 aliphatic heterocycles. The molecule has 0 bridgehead atoms. The quantitative estimate of drug-likeness (QED) is 0.890. The van der Waals surface area contributed by atoms with Crippen molar-refractivity contribution in [3.05, 3.63) is 65.0 Å². The molecule has 0 fully saturated rings. The fourth-order valence-electron chi connectivity index (χ4n) is 2.17. The Labute approximate surface area is 122 Å². The molecule has 1 atom stereocenters. The van der Waals surface area contributed by atoms with E-state index >= 15 is 0 Å². The Morgan fingerprint density at radius 3 is 2.71 bits per heavy atom. The maximum atomic E-state index is 13.7. The lowest BCUT2D eigenvalue weighted by Crippen LogP contribution is -2.36. The average molecular weight is 292 g/mol. The first kappa shape index (κ1) is 15.5. The molecule has 112 valence electrons. The number of nitrogens with zero attached hydrogens (tertiary/aromatic N) is 1. The minimum atomic E-state index is -1.42. The molecule has 1 unspecified atom stereocenters. The third kappa shape index (κ3) is 3.83. The first-order chi connectivity index (χ1) is 9.90. The van der Waals surface area contributed by atoms with Crippen LogP contribution in [0, 0.1) is 18.6 Å². The minimum Gasteiger partial charge on any atom is -0.384 e. The van der Waals surface area contributed by atoms with E-state index in [1.165, 1.54) is 13.0 Å². The van der Waals surface area contributed by atoms with Crippen LogP contribution >= 0.6 is 0 Å². The second-order valence-corrected chi connectivity index (χ2v) is 5.25. The topological polar surface area (TPSA) is 45.2 Å². The zero-order valence-corrected chi connectivity index (χ0v) is 12.0. The van der Waals surface area contributed by atoms with Crippen LogP contribution in [0.1, 0.15) is 23.7 Å². The lowest BCUT2D eigenvalue weighted by atomic mass is 9.95. The Morgan fingerprint density at radius 2 is 2.05 bits per heavy atom. The number of hydrogen-bond donors (Lipinski definition) is 2. The summed E-state index contributed by atoms with van der Waals surface area (Å²) in [6, 6.07) is 6.94. The molecule has 0 spiro atoms. The molecular formula is C16H18F2N2O. The van der Waals surface area contributed by atoms with Crippen LogP contribution in [0.25, 0.3) is 0 Å². The van der Waals surface area contributed by atoms with Crippen LogP contribution in [0.5, 0.6) is 0 Å². The molecule has 5 heteroatoms. The lowest BCUT2D eigenvalue weighted by Gasteiger charge is -2.25. The van der Waals surface area contributed by atoms with Crippen molar-refractivity contribution in [1.29, 1.82) is 0 Å². The van der Waals surface area contributed by atoms with Crippen LogP contribution in [0.15, 0.2) is 36.5 Å². The van der Waals surface area contributed by atoms with Crippen molar-refractivity contribution >= 4 is 0 Å². The predicted molar refractivity (Wildman–Crippen MR) is 76.6 cm³/mol. The lowest BCUT2D eigenvalue weighted by molar-refractivity contribution is 0.0528. The molecule has 0 radical (unpaired) electrons. The van der Waals surface area contributed by atoms with Gasteiger partial charge in [0.05, 0.1) is 0 Å². The summed E-state index contributed by atoms with van der Waals surface area (Å²) < 4.78 is 26.6. The maximum Gasteiger partial charge on any atom is 0.132 e. The van der Waals surface area contributed by atoms with Gasteiger partial charge in [-0.05, 0) is 31.5 Å². The minimum absolute atomic E-state index is 0.0688. The van der Waals surface area contributed by atoms with E-state index in [1.807, 2.05) is 19.1 Å². The van der Waals surface area contributed by atoms with Gasteiger partial charge in [0.25, 0.3) is 0 Å². The first-order valence-corrected chi connectivity index (χ1v) is 6.69. The second-order valence-electron chi connectivity index (χ2n) is 5.25. The molecule has 0 amide bonds. The van der Waals surface area contributed by atoms with Gasteiger partial charge >= 0.3 is 0 Å². The summed E-state index contributed by atoms with van der Waals surface area (Å²) in [5.41, 5.74) is 0.554. The maximum absolute atomic E-state index is 13.7. The zero-order chi connectivity index (χ0) is 15.5. The number of benzene rings is 1. The highest BCUT2D eigenvalue weighted by molar-refractivity contribution is 5.25. The van der Waals surface area contributed by atoms with E-state index < -0.39 is 17.2 Å². The van der Waals surface area contributed by atoms with E-state index in [1.54, 1.807) is 6.20 Å². The van der Waals surface area contributed by atoms with Crippen molar-refractivity contribution in [2.24, 2.45) is 0 Å². The van der Waals surface area contributed by atoms with E-state index in [9.17, 15) is 13.9 Å². The van der Waals surface area contributed by atoms with Gasteiger partial charge in [-0.25, -0.2) is 8.78 Å². The standard InChI is InChI=1S/C16H18F2N2O/c1-11-12(4-3-7-20-11)9-19-10-16(2,21)14-6-5-13(17)8-15(14)18/h3-8,19,21H,9-10H2,1-2H3. The summed E-state index contributed by atoms with van der Waals surface area (Å²) in [4.78, 5) is 4.17. The third-order valence-corrected chi connectivity index (χ3v) is 3.41. The Balaban J connectivity index is 2.03. The number of aromatic nitrogens is 1. The monoisotopic (exact) mass is 292 g/mol. The number of pyridine rings is 1. The van der Waals surface area contributed by atoms with Gasteiger partial charge in [0.15, 0.2) is 0 Å². The van der Waals surface area contributed by atoms with Gasteiger partial charge in [-0.3, -0.25) is 4.98 Å². The fraction of sp³-hybridized carbons (Fsp3) is 0.312. The molecule has 0 saturated heterocycles. The highest BCUT2D eigenvalue weighted by Gasteiger charge is 2.26. The number of aryl methyl sites for hydroxylation is 1. The van der Waals surface area contributed by atoms with Crippen molar-refractivity contribution in [3.63, 3.8) is 0 Å². The summed E-state index contributed by atoms with van der Waals surface area (Å²) in [5.74, 6) is -1.41. The molecule has 0 aliphatic carbocycles. The van der Waals surface area contributed by atoms with Crippen LogP contribution in [0.4, 0.5) is 8.78 Å². The number of nitrogens with one attached hydrogen (secondary N) is 1. The molecular weight excluding hydrogens is 274 g/mol. The Morgan fingerprint density at radius 1 is 1.29 bits per heavy atom. The molecule has 2 N–H and O–H groups in total. The van der Waals surface area contributed by atoms with Gasteiger partial charge in [-0.1, -0.05) is 12.1 Å². The highest BCUT2D eigenvalue weighted by Crippen LogP contribution is 2.23. The van der Waals surface area contributed by atoms with Crippen molar-refractivity contribution in [2.45, 2.75) is 26.0 Å². The second kappa shape index (κ2) is 6.28. The third-order valence-electron chi connectivity index (χ3n) is 3.41. The molecule has 2 rings (SSSR count). The molecule has 0 saturated carbocycles. The predicted octanol–water partition coefficient (Wildman–Crippen LogP) is 2.67.